The number of fused-ring (bicyclic) bond motifs is 1. The number of imidazole rings is 1. The van der Waals surface area contributed by atoms with Gasteiger partial charge in [0.25, 0.3) is 0 Å². The average molecular weight is 431 g/mol. The first kappa shape index (κ1) is 22.4. The molecule has 30 heavy (non-hydrogen) atoms. The number of hydrogen-bond donors (Lipinski definition) is 0. The molecule has 2 aliphatic rings. The van der Waals surface area contributed by atoms with E-state index in [0.29, 0.717) is 6.54 Å². The van der Waals surface area contributed by atoms with Gasteiger partial charge < -0.3 is 9.30 Å². The van der Waals surface area contributed by atoms with Gasteiger partial charge in [-0.25, -0.2) is 18.4 Å². The lowest BCUT2D eigenvalue weighted by atomic mass is 10.00. The minimum atomic E-state index is -3.63. The Morgan fingerprint density at radius 3 is 2.30 bits per heavy atom. The zero-order chi connectivity index (χ0) is 22.1. The number of aromatic nitrogens is 3. The maximum atomic E-state index is 13.2. The Kier molecular flexibility index (Phi) is 6.59. The molecule has 2 atom stereocenters. The Bertz CT molecular complexity index is 1060. The van der Waals surface area contributed by atoms with Crippen LogP contribution in [0.3, 0.4) is 0 Å². The number of ether oxygens (including phenoxy) is 1. The molecule has 0 saturated carbocycles. The normalized spacial score (nSPS) is 14.5. The van der Waals surface area contributed by atoms with Crippen molar-refractivity contribution in [3.05, 3.63) is 54.1 Å². The number of hydrogen-bond acceptors (Lipinski definition) is 5. The van der Waals surface area contributed by atoms with Crippen molar-refractivity contribution in [2.75, 3.05) is 14.2 Å². The van der Waals surface area contributed by atoms with Gasteiger partial charge in [0, 0.05) is 33.1 Å². The molecule has 0 fully saturated rings. The molecule has 0 bridgehead atoms. The first-order valence-corrected chi connectivity index (χ1v) is 11.5. The van der Waals surface area contributed by atoms with E-state index < -0.39 is 10.0 Å². The number of aryl methyl sites for hydroxylation is 1. The van der Waals surface area contributed by atoms with Crippen LogP contribution >= 0.6 is 0 Å². The van der Waals surface area contributed by atoms with Gasteiger partial charge in [-0.3, -0.25) is 0 Å². The summed E-state index contributed by atoms with van der Waals surface area (Å²) in [5.74, 6) is 0.872. The van der Waals surface area contributed by atoms with Gasteiger partial charge >= 0.3 is 0 Å². The third kappa shape index (κ3) is 4.55. The molecule has 8 heteroatoms. The SMILES string of the molecule is COC(C)C(C(C)C)N(C)S(=O)(=O)c1ccc(Cn2ccc3nc(C)nc-3c2)cc1. The predicted molar refractivity (Wildman–Crippen MR) is 117 cm³/mol. The monoisotopic (exact) mass is 430 g/mol. The maximum Gasteiger partial charge on any atom is 0.243 e. The summed E-state index contributed by atoms with van der Waals surface area (Å²) in [6, 6.07) is 8.72. The summed E-state index contributed by atoms with van der Waals surface area (Å²) in [7, 11) is -0.400. The van der Waals surface area contributed by atoms with Crippen LogP contribution in [0.1, 0.15) is 32.2 Å². The Morgan fingerprint density at radius 1 is 1.07 bits per heavy atom. The second-order valence-corrected chi connectivity index (χ2v) is 10.00. The summed E-state index contributed by atoms with van der Waals surface area (Å²) in [4.78, 5) is 9.04. The smallest absolute Gasteiger partial charge is 0.243 e. The topological polar surface area (TPSA) is 77.3 Å². The van der Waals surface area contributed by atoms with E-state index >= 15 is 0 Å². The fourth-order valence-corrected chi connectivity index (χ4v) is 5.42. The Labute approximate surface area is 179 Å². The van der Waals surface area contributed by atoms with Crippen molar-refractivity contribution >= 4 is 10.0 Å². The van der Waals surface area contributed by atoms with Gasteiger partial charge in [0.15, 0.2) is 0 Å². The van der Waals surface area contributed by atoms with E-state index in [1.807, 2.05) is 62.9 Å². The van der Waals surface area contributed by atoms with Crippen molar-refractivity contribution in [2.45, 2.75) is 51.3 Å². The molecular weight excluding hydrogens is 400 g/mol. The van der Waals surface area contributed by atoms with Crippen LogP contribution in [0.5, 0.6) is 0 Å². The molecule has 3 rings (SSSR count). The van der Waals surface area contributed by atoms with Gasteiger partial charge in [0.05, 0.1) is 22.7 Å². The summed E-state index contributed by atoms with van der Waals surface area (Å²) >= 11 is 0. The fourth-order valence-electron chi connectivity index (χ4n) is 3.87. The summed E-state index contributed by atoms with van der Waals surface area (Å²) in [5.41, 5.74) is 2.73. The van der Waals surface area contributed by atoms with Crippen LogP contribution in [0.2, 0.25) is 0 Å². The van der Waals surface area contributed by atoms with E-state index in [4.69, 9.17) is 4.74 Å². The minimum Gasteiger partial charge on any atom is -0.380 e. The van der Waals surface area contributed by atoms with Crippen LogP contribution in [-0.4, -0.2) is 53.6 Å². The molecule has 0 aromatic heterocycles. The summed E-state index contributed by atoms with van der Waals surface area (Å²) in [5, 5.41) is 0. The van der Waals surface area contributed by atoms with Gasteiger partial charge in [-0.2, -0.15) is 4.31 Å². The van der Waals surface area contributed by atoms with Gasteiger partial charge in [-0.15, -0.1) is 0 Å². The van der Waals surface area contributed by atoms with E-state index in [2.05, 4.69) is 9.97 Å². The van der Waals surface area contributed by atoms with Crippen LogP contribution in [0.15, 0.2) is 47.6 Å². The molecule has 162 valence electrons. The van der Waals surface area contributed by atoms with Crippen molar-refractivity contribution in [2.24, 2.45) is 5.92 Å². The first-order chi connectivity index (χ1) is 14.1. The average Bonchev–Trinajstić information content (AvgIpc) is 3.07. The fraction of sp³-hybridized carbons (Fsp3) is 0.455. The minimum absolute atomic E-state index is 0.119. The molecule has 2 unspecified atom stereocenters. The molecule has 0 N–H and O–H groups in total. The quantitative estimate of drug-likeness (QED) is 0.547. The lowest BCUT2D eigenvalue weighted by molar-refractivity contribution is 0.0432. The summed E-state index contributed by atoms with van der Waals surface area (Å²) < 4.78 is 35.2. The number of sulfonamides is 1. The number of pyridine rings is 1. The highest BCUT2D eigenvalue weighted by molar-refractivity contribution is 7.89. The van der Waals surface area contributed by atoms with E-state index in [-0.39, 0.29) is 23.0 Å². The standard InChI is InChI=1S/C22H30N4O3S/c1-15(2)22(16(3)29-6)25(5)30(27,28)19-9-7-18(8-10-19)13-26-12-11-20-21(14-26)24-17(4)23-20/h7-12,14-16,22H,13H2,1-6H3. The molecule has 1 aromatic rings. The molecule has 0 saturated heterocycles. The molecule has 0 amide bonds. The third-order valence-corrected chi connectivity index (χ3v) is 7.33. The number of likely N-dealkylation sites (N-methyl/N-ethyl adjacent to an activating group) is 1. The summed E-state index contributed by atoms with van der Waals surface area (Å²) in [6.07, 6.45) is 3.69. The highest BCUT2D eigenvalue weighted by Crippen LogP contribution is 2.24. The van der Waals surface area contributed by atoms with Crippen molar-refractivity contribution in [3.63, 3.8) is 0 Å². The Balaban J connectivity index is 1.80. The van der Waals surface area contributed by atoms with Crippen LogP contribution in [0.4, 0.5) is 0 Å². The highest BCUT2D eigenvalue weighted by atomic mass is 32.2. The second-order valence-electron chi connectivity index (χ2n) is 8.00. The number of nitrogens with zero attached hydrogens (tertiary/aromatic N) is 4. The van der Waals surface area contributed by atoms with Crippen LogP contribution in [0.25, 0.3) is 11.4 Å². The molecule has 0 radical (unpaired) electrons. The van der Waals surface area contributed by atoms with Gasteiger partial charge in [-0.05, 0) is 43.5 Å². The first-order valence-electron chi connectivity index (χ1n) is 10.0. The maximum absolute atomic E-state index is 13.2. The lowest BCUT2D eigenvalue weighted by Crippen LogP contribution is -2.47. The van der Waals surface area contributed by atoms with Crippen molar-refractivity contribution in [1.29, 1.82) is 0 Å². The van der Waals surface area contributed by atoms with Crippen molar-refractivity contribution < 1.29 is 13.2 Å². The van der Waals surface area contributed by atoms with E-state index in [0.717, 1.165) is 22.8 Å². The molecule has 0 spiro atoms. The molecule has 0 aliphatic carbocycles. The Hall–Kier alpha value is -2.29. The van der Waals surface area contributed by atoms with Gasteiger partial charge in [0.1, 0.15) is 11.5 Å². The van der Waals surface area contributed by atoms with Gasteiger partial charge in [0.2, 0.25) is 10.0 Å². The second kappa shape index (κ2) is 8.83. The molecule has 2 aliphatic heterocycles. The molecular formula is C22H30N4O3S. The molecule has 2 heterocycles. The number of rotatable bonds is 8. The van der Waals surface area contributed by atoms with E-state index in [1.165, 1.54) is 4.31 Å². The highest BCUT2D eigenvalue weighted by Gasteiger charge is 2.33. The predicted octanol–water partition coefficient (Wildman–Crippen LogP) is 3.42. The summed E-state index contributed by atoms with van der Waals surface area (Å²) in [6.45, 7) is 8.39. The van der Waals surface area contributed by atoms with Crippen LogP contribution in [0, 0.1) is 12.8 Å². The molecule has 1 aromatic carbocycles. The molecule has 7 nitrogen and oxygen atoms in total. The lowest BCUT2D eigenvalue weighted by Gasteiger charge is -2.34. The van der Waals surface area contributed by atoms with Crippen LogP contribution < -0.4 is 0 Å². The van der Waals surface area contributed by atoms with Crippen molar-refractivity contribution in [1.82, 2.24) is 18.8 Å². The third-order valence-electron chi connectivity index (χ3n) is 5.46. The van der Waals surface area contributed by atoms with Gasteiger partial charge in [-0.1, -0.05) is 26.0 Å². The zero-order valence-electron chi connectivity index (χ0n) is 18.4. The van der Waals surface area contributed by atoms with E-state index in [9.17, 15) is 8.42 Å². The zero-order valence-corrected chi connectivity index (χ0v) is 19.2. The number of methoxy groups -OCH3 is 1. The van der Waals surface area contributed by atoms with Crippen molar-refractivity contribution in [3.8, 4) is 11.4 Å². The largest absolute Gasteiger partial charge is 0.380 e. The van der Waals surface area contributed by atoms with Crippen LogP contribution in [-0.2, 0) is 21.3 Å². The number of benzene rings is 1. The Morgan fingerprint density at radius 2 is 1.70 bits per heavy atom. The van der Waals surface area contributed by atoms with E-state index in [1.54, 1.807) is 26.3 Å².